The van der Waals surface area contributed by atoms with E-state index in [1.165, 1.54) is 6.07 Å². The van der Waals surface area contributed by atoms with E-state index < -0.39 is 12.1 Å². The second-order valence-electron chi connectivity index (χ2n) is 6.43. The van der Waals surface area contributed by atoms with E-state index in [9.17, 15) is 14.7 Å². The van der Waals surface area contributed by atoms with E-state index in [-0.39, 0.29) is 23.8 Å². The number of nitrogens with one attached hydrogen (secondary N) is 2. The third kappa shape index (κ3) is 3.27. The second-order valence-corrected chi connectivity index (χ2v) is 6.43. The SMILES string of the molecule is O=C(NNc1ccccc1C(=O)O)OCC1c2ccccc2-c2ccccc21. The van der Waals surface area contributed by atoms with Crippen LogP contribution in [0.1, 0.15) is 27.4 Å². The molecule has 1 amide bonds. The summed E-state index contributed by atoms with van der Waals surface area (Å²) in [5, 5.41) is 9.18. The van der Waals surface area contributed by atoms with Crippen LogP contribution in [-0.2, 0) is 4.74 Å². The van der Waals surface area contributed by atoms with Gasteiger partial charge in [-0.3, -0.25) is 5.43 Å². The largest absolute Gasteiger partial charge is 0.478 e. The van der Waals surface area contributed by atoms with Crippen molar-refractivity contribution in [2.75, 3.05) is 12.0 Å². The molecule has 3 aromatic rings. The molecule has 0 aromatic heterocycles. The van der Waals surface area contributed by atoms with Gasteiger partial charge in [-0.05, 0) is 34.4 Å². The zero-order chi connectivity index (χ0) is 19.5. The molecule has 0 bridgehead atoms. The maximum absolute atomic E-state index is 12.1. The number of carbonyl (C=O) groups is 2. The summed E-state index contributed by atoms with van der Waals surface area (Å²) in [6.45, 7) is 0.183. The Hall–Kier alpha value is -3.80. The van der Waals surface area contributed by atoms with Gasteiger partial charge in [0, 0.05) is 5.92 Å². The molecule has 0 atom stereocenters. The van der Waals surface area contributed by atoms with E-state index in [4.69, 9.17) is 4.74 Å². The lowest BCUT2D eigenvalue weighted by atomic mass is 9.98. The predicted octanol–water partition coefficient (Wildman–Crippen LogP) is 4.25. The summed E-state index contributed by atoms with van der Waals surface area (Å²) in [6, 6.07) is 22.5. The van der Waals surface area contributed by atoms with Crippen molar-refractivity contribution in [1.29, 1.82) is 0 Å². The van der Waals surface area contributed by atoms with Crippen molar-refractivity contribution in [3.8, 4) is 11.1 Å². The molecule has 28 heavy (non-hydrogen) atoms. The normalized spacial score (nSPS) is 12.0. The lowest BCUT2D eigenvalue weighted by molar-refractivity contribution is 0.0697. The van der Waals surface area contributed by atoms with Crippen LogP contribution in [-0.4, -0.2) is 23.8 Å². The number of carboxylic acids is 1. The number of ether oxygens (including phenoxy) is 1. The number of carbonyl (C=O) groups excluding carboxylic acids is 1. The van der Waals surface area contributed by atoms with Gasteiger partial charge in [-0.1, -0.05) is 60.7 Å². The van der Waals surface area contributed by atoms with Gasteiger partial charge < -0.3 is 9.84 Å². The molecule has 0 saturated carbocycles. The lowest BCUT2D eigenvalue weighted by Gasteiger charge is -2.15. The summed E-state index contributed by atoms with van der Waals surface area (Å²) in [5.41, 5.74) is 9.89. The first-order chi connectivity index (χ1) is 13.6. The van der Waals surface area contributed by atoms with Crippen molar-refractivity contribution in [1.82, 2.24) is 5.43 Å². The smallest absolute Gasteiger partial charge is 0.425 e. The highest BCUT2D eigenvalue weighted by molar-refractivity contribution is 5.94. The van der Waals surface area contributed by atoms with Crippen LogP contribution in [0.5, 0.6) is 0 Å². The topological polar surface area (TPSA) is 87.7 Å². The van der Waals surface area contributed by atoms with E-state index in [1.807, 2.05) is 36.4 Å². The molecule has 0 spiro atoms. The highest BCUT2D eigenvalue weighted by Gasteiger charge is 2.29. The minimum absolute atomic E-state index is 0.0375. The lowest BCUT2D eigenvalue weighted by Crippen LogP contribution is -2.31. The van der Waals surface area contributed by atoms with Gasteiger partial charge in [-0.15, -0.1) is 0 Å². The number of anilines is 1. The van der Waals surface area contributed by atoms with Crippen molar-refractivity contribution in [2.24, 2.45) is 0 Å². The van der Waals surface area contributed by atoms with Gasteiger partial charge in [-0.2, -0.15) is 0 Å². The number of hydrogen-bond donors (Lipinski definition) is 3. The van der Waals surface area contributed by atoms with Gasteiger partial charge in [0.15, 0.2) is 0 Å². The standard InChI is InChI=1S/C22H18N2O4/c25-21(26)18-11-5-6-12-20(18)23-24-22(27)28-13-19-16-9-3-1-7-14(16)15-8-2-4-10-17(15)19/h1-12,19,23H,13H2,(H,24,27)(H,25,26). The number of carboxylic acid groups (broad SMARTS) is 1. The van der Waals surface area contributed by atoms with Crippen LogP contribution in [0.2, 0.25) is 0 Å². The van der Waals surface area contributed by atoms with E-state index in [1.54, 1.807) is 18.2 Å². The molecule has 6 heteroatoms. The average molecular weight is 374 g/mol. The number of hydrazine groups is 1. The molecule has 0 unspecified atom stereocenters. The van der Waals surface area contributed by atoms with Crippen LogP contribution in [0.15, 0.2) is 72.8 Å². The molecule has 0 radical (unpaired) electrons. The molecule has 4 rings (SSSR count). The van der Waals surface area contributed by atoms with Crippen LogP contribution in [0, 0.1) is 0 Å². The molecule has 0 saturated heterocycles. The first-order valence-electron chi connectivity index (χ1n) is 8.84. The van der Waals surface area contributed by atoms with Gasteiger partial charge in [0.25, 0.3) is 0 Å². The van der Waals surface area contributed by atoms with Crippen LogP contribution in [0.25, 0.3) is 11.1 Å². The molecule has 140 valence electrons. The maximum Gasteiger partial charge on any atom is 0.425 e. The van der Waals surface area contributed by atoms with Crippen molar-refractivity contribution < 1.29 is 19.4 Å². The third-order valence-electron chi connectivity index (χ3n) is 4.80. The Morgan fingerprint density at radius 3 is 2.07 bits per heavy atom. The minimum atomic E-state index is -1.09. The van der Waals surface area contributed by atoms with Gasteiger partial charge in [0.2, 0.25) is 0 Å². The fourth-order valence-corrected chi connectivity index (χ4v) is 3.53. The quantitative estimate of drug-likeness (QED) is 0.581. The van der Waals surface area contributed by atoms with E-state index in [0.717, 1.165) is 22.3 Å². The molecular formula is C22H18N2O4. The van der Waals surface area contributed by atoms with Crippen molar-refractivity contribution in [2.45, 2.75) is 5.92 Å². The zero-order valence-corrected chi connectivity index (χ0v) is 14.9. The summed E-state index contributed by atoms with van der Waals surface area (Å²) in [5.74, 6) is -1.12. The molecule has 0 fully saturated rings. The van der Waals surface area contributed by atoms with Crippen LogP contribution in [0.3, 0.4) is 0 Å². The molecular weight excluding hydrogens is 356 g/mol. The van der Waals surface area contributed by atoms with Crippen LogP contribution in [0.4, 0.5) is 10.5 Å². The minimum Gasteiger partial charge on any atom is -0.478 e. The summed E-state index contributed by atoms with van der Waals surface area (Å²) < 4.78 is 5.40. The van der Waals surface area contributed by atoms with Gasteiger partial charge in [0.05, 0.1) is 11.3 Å². The second kappa shape index (κ2) is 7.44. The van der Waals surface area contributed by atoms with Gasteiger partial charge >= 0.3 is 12.1 Å². The number of benzene rings is 3. The molecule has 3 N–H and O–H groups in total. The van der Waals surface area contributed by atoms with Crippen LogP contribution < -0.4 is 10.9 Å². The van der Waals surface area contributed by atoms with Crippen LogP contribution >= 0.6 is 0 Å². The maximum atomic E-state index is 12.1. The number of hydrogen-bond acceptors (Lipinski definition) is 4. The Morgan fingerprint density at radius 1 is 0.857 bits per heavy atom. The molecule has 1 aliphatic rings. The first-order valence-corrected chi connectivity index (χ1v) is 8.84. The molecule has 1 aliphatic carbocycles. The Kier molecular flexibility index (Phi) is 4.68. The summed E-state index contributed by atoms with van der Waals surface area (Å²) >= 11 is 0. The third-order valence-corrected chi connectivity index (χ3v) is 4.80. The fraction of sp³-hybridized carbons (Fsp3) is 0.0909. The highest BCUT2D eigenvalue weighted by Crippen LogP contribution is 2.44. The Labute approximate surface area is 161 Å². The van der Waals surface area contributed by atoms with E-state index in [0.29, 0.717) is 0 Å². The van der Waals surface area contributed by atoms with Crippen molar-refractivity contribution in [3.63, 3.8) is 0 Å². The highest BCUT2D eigenvalue weighted by atomic mass is 16.6. The Bertz CT molecular complexity index is 1000. The monoisotopic (exact) mass is 374 g/mol. The first kappa shape index (κ1) is 17.6. The average Bonchev–Trinajstić information content (AvgIpc) is 3.05. The Balaban J connectivity index is 1.43. The molecule has 0 aliphatic heterocycles. The van der Waals surface area contributed by atoms with Gasteiger partial charge in [0.1, 0.15) is 6.61 Å². The summed E-state index contributed by atoms with van der Waals surface area (Å²) in [6.07, 6.45) is -0.679. The molecule has 0 heterocycles. The number of amides is 1. The molecule has 3 aromatic carbocycles. The Morgan fingerprint density at radius 2 is 1.43 bits per heavy atom. The van der Waals surface area contributed by atoms with E-state index >= 15 is 0 Å². The predicted molar refractivity (Wildman–Crippen MR) is 105 cm³/mol. The molecule has 6 nitrogen and oxygen atoms in total. The number of para-hydroxylation sites is 1. The number of rotatable bonds is 5. The van der Waals surface area contributed by atoms with Crippen molar-refractivity contribution >= 4 is 17.7 Å². The van der Waals surface area contributed by atoms with Gasteiger partial charge in [-0.25, -0.2) is 15.0 Å². The summed E-state index contributed by atoms with van der Waals surface area (Å²) in [7, 11) is 0. The fourth-order valence-electron chi connectivity index (χ4n) is 3.53. The van der Waals surface area contributed by atoms with Crippen molar-refractivity contribution in [3.05, 3.63) is 89.5 Å². The number of aromatic carboxylic acids is 1. The summed E-state index contributed by atoms with van der Waals surface area (Å²) in [4.78, 5) is 23.4. The number of fused-ring (bicyclic) bond motifs is 3. The van der Waals surface area contributed by atoms with E-state index in [2.05, 4.69) is 23.0 Å². The zero-order valence-electron chi connectivity index (χ0n) is 14.9.